The summed E-state index contributed by atoms with van der Waals surface area (Å²) in [5, 5.41) is 17.4. The molecule has 0 saturated heterocycles. The molecule has 10 heteroatoms. The monoisotopic (exact) mass is 387 g/mol. The summed E-state index contributed by atoms with van der Waals surface area (Å²) in [6, 6.07) is 8.29. The van der Waals surface area contributed by atoms with E-state index in [9.17, 15) is 26.3 Å². The molecule has 142 valence electrons. The van der Waals surface area contributed by atoms with Crippen LogP contribution in [0.5, 0.6) is 0 Å². The quantitative estimate of drug-likeness (QED) is 0.691. The zero-order chi connectivity index (χ0) is 20.2. The molecule has 0 aliphatic rings. The summed E-state index contributed by atoms with van der Waals surface area (Å²) in [6.07, 6.45) is -9.67. The molecule has 1 aromatic carbocycles. The van der Waals surface area contributed by atoms with Crippen molar-refractivity contribution in [2.45, 2.75) is 25.3 Å². The van der Waals surface area contributed by atoms with Gasteiger partial charge in [-0.05, 0) is 30.3 Å². The van der Waals surface area contributed by atoms with Crippen LogP contribution in [-0.4, -0.2) is 12.7 Å². The highest BCUT2D eigenvalue weighted by Gasteiger charge is 2.36. The van der Waals surface area contributed by atoms with Gasteiger partial charge >= 0.3 is 12.4 Å². The summed E-state index contributed by atoms with van der Waals surface area (Å²) in [5.41, 5.74) is -2.37. The maximum Gasteiger partial charge on any atom is 0.417 e. The van der Waals surface area contributed by atoms with E-state index in [0.717, 1.165) is 12.1 Å². The Balaban J connectivity index is 2.42. The van der Waals surface area contributed by atoms with Gasteiger partial charge in [-0.2, -0.15) is 36.9 Å². The number of halogens is 6. The number of nitrogens with zero attached hydrogens (tertiary/aromatic N) is 3. The third kappa shape index (κ3) is 5.42. The van der Waals surface area contributed by atoms with E-state index in [-0.39, 0.29) is 23.6 Å². The molecule has 0 unspecified atom stereocenters. The number of hydrogen-bond acceptors (Lipinski definition) is 4. The van der Waals surface area contributed by atoms with E-state index in [1.54, 1.807) is 0 Å². The first kappa shape index (κ1) is 20.2. The number of anilines is 1. The number of benzene rings is 1. The Morgan fingerprint density at radius 1 is 0.963 bits per heavy atom. The topological polar surface area (TPSA) is 64.0 Å². The maximum atomic E-state index is 13.1. The van der Waals surface area contributed by atoms with E-state index in [4.69, 9.17) is 14.9 Å². The van der Waals surface area contributed by atoms with Crippen LogP contribution < -0.4 is 4.90 Å². The van der Waals surface area contributed by atoms with Crippen molar-refractivity contribution in [3.8, 4) is 12.1 Å². The third-order valence-electron chi connectivity index (χ3n) is 3.48. The second-order valence-corrected chi connectivity index (χ2v) is 5.51. The molecule has 0 spiro atoms. The minimum atomic E-state index is -4.89. The largest absolute Gasteiger partial charge is 0.463 e. The fraction of sp³-hybridized carbons (Fsp3) is 0.294. The van der Waals surface area contributed by atoms with Gasteiger partial charge in [0.1, 0.15) is 18.1 Å². The van der Waals surface area contributed by atoms with Crippen LogP contribution in [0, 0.1) is 22.7 Å². The Morgan fingerprint density at radius 2 is 1.63 bits per heavy atom. The number of hydrogen-bond donors (Lipinski definition) is 0. The zero-order valence-corrected chi connectivity index (χ0v) is 13.5. The highest BCUT2D eigenvalue weighted by molar-refractivity contribution is 5.55. The average molecular weight is 387 g/mol. The normalized spacial score (nSPS) is 11.7. The van der Waals surface area contributed by atoms with Gasteiger partial charge in [-0.1, -0.05) is 0 Å². The molecule has 0 radical (unpaired) electrons. The highest BCUT2D eigenvalue weighted by Crippen LogP contribution is 2.35. The molecule has 2 rings (SSSR count). The molecule has 0 aliphatic heterocycles. The third-order valence-corrected chi connectivity index (χ3v) is 3.48. The predicted octanol–water partition coefficient (Wildman–Crippen LogP) is 4.81. The van der Waals surface area contributed by atoms with Gasteiger partial charge in [0, 0.05) is 5.69 Å². The minimum Gasteiger partial charge on any atom is -0.463 e. The molecule has 0 aliphatic carbocycles. The molecule has 4 nitrogen and oxygen atoms in total. The van der Waals surface area contributed by atoms with Crippen molar-refractivity contribution in [2.24, 2.45) is 0 Å². The smallest absolute Gasteiger partial charge is 0.417 e. The first-order valence-corrected chi connectivity index (χ1v) is 7.41. The number of alkyl halides is 6. The van der Waals surface area contributed by atoms with E-state index >= 15 is 0 Å². The van der Waals surface area contributed by atoms with Crippen LogP contribution in [0.3, 0.4) is 0 Å². The lowest BCUT2D eigenvalue weighted by Crippen LogP contribution is -2.34. The van der Waals surface area contributed by atoms with Gasteiger partial charge in [0.2, 0.25) is 0 Å². The molecule has 0 saturated carbocycles. The van der Waals surface area contributed by atoms with Gasteiger partial charge in [0.25, 0.3) is 0 Å². The molecule has 2 aromatic rings. The van der Waals surface area contributed by atoms with Crippen LogP contribution in [0.15, 0.2) is 34.7 Å². The highest BCUT2D eigenvalue weighted by atomic mass is 19.4. The first-order chi connectivity index (χ1) is 12.5. The van der Waals surface area contributed by atoms with Gasteiger partial charge < -0.3 is 9.32 Å². The van der Waals surface area contributed by atoms with Crippen molar-refractivity contribution < 1.29 is 30.8 Å². The molecule has 1 heterocycles. The molecule has 0 bridgehead atoms. The van der Waals surface area contributed by atoms with E-state index in [1.165, 1.54) is 18.2 Å². The van der Waals surface area contributed by atoms with Gasteiger partial charge in [-0.3, -0.25) is 0 Å². The fourth-order valence-electron chi connectivity index (χ4n) is 2.38. The number of nitriles is 2. The first-order valence-electron chi connectivity index (χ1n) is 7.41. The lowest BCUT2D eigenvalue weighted by atomic mass is 10.1. The minimum absolute atomic E-state index is 0.0578. The lowest BCUT2D eigenvalue weighted by molar-refractivity contribution is -0.137. The summed E-state index contributed by atoms with van der Waals surface area (Å²) in [4.78, 5) is 0.658. The van der Waals surface area contributed by atoms with Crippen LogP contribution in [0.1, 0.15) is 22.6 Å². The summed E-state index contributed by atoms with van der Waals surface area (Å²) in [7, 11) is 0. The molecule has 1 aromatic heterocycles. The molecular weight excluding hydrogens is 376 g/mol. The summed E-state index contributed by atoms with van der Waals surface area (Å²) < 4.78 is 83.2. The van der Waals surface area contributed by atoms with Crippen molar-refractivity contribution in [1.29, 1.82) is 10.5 Å². The van der Waals surface area contributed by atoms with Gasteiger partial charge in [0.05, 0.1) is 36.2 Å². The predicted molar refractivity (Wildman–Crippen MR) is 81.3 cm³/mol. The summed E-state index contributed by atoms with van der Waals surface area (Å²) in [6.45, 7) is -1.99. The van der Waals surface area contributed by atoms with Crippen molar-refractivity contribution in [1.82, 2.24) is 0 Å². The van der Waals surface area contributed by atoms with Crippen molar-refractivity contribution in [2.75, 3.05) is 11.4 Å². The van der Waals surface area contributed by atoms with Crippen LogP contribution in [0.25, 0.3) is 0 Å². The lowest BCUT2D eigenvalue weighted by Gasteiger charge is -2.26. The van der Waals surface area contributed by atoms with E-state index in [1.807, 2.05) is 6.07 Å². The second kappa shape index (κ2) is 7.62. The molecule has 27 heavy (non-hydrogen) atoms. The zero-order valence-electron chi connectivity index (χ0n) is 13.5. The second-order valence-electron chi connectivity index (χ2n) is 5.51. The Bertz CT molecular complexity index is 886. The van der Waals surface area contributed by atoms with Gasteiger partial charge in [-0.15, -0.1) is 0 Å². The standard InChI is InChI=1S/C17H11F6N3O/c18-16(19,20)10-26(9-14-4-3-13(27-14)5-6-24)12-2-1-11(8-25)15(7-12)17(21,22)23/h1-4,7H,5,9-10H2. The van der Waals surface area contributed by atoms with Crippen LogP contribution in [0.4, 0.5) is 32.0 Å². The Hall–Kier alpha value is -3.14. The number of furan rings is 1. The summed E-state index contributed by atoms with van der Waals surface area (Å²) >= 11 is 0. The van der Waals surface area contributed by atoms with Gasteiger partial charge in [0.15, 0.2) is 0 Å². The Morgan fingerprint density at radius 3 is 2.19 bits per heavy atom. The van der Waals surface area contributed by atoms with Crippen LogP contribution >= 0.6 is 0 Å². The number of rotatable bonds is 5. The molecule has 0 atom stereocenters. The molecule has 0 amide bonds. The summed E-state index contributed by atoms with van der Waals surface area (Å²) in [5.74, 6) is 0.290. The SMILES string of the molecule is N#CCc1ccc(CN(CC(F)(F)F)c2ccc(C#N)c(C(F)(F)F)c2)o1. The molecule has 0 N–H and O–H groups in total. The average Bonchev–Trinajstić information content (AvgIpc) is 2.99. The molecular formula is C17H11F6N3O. The fourth-order valence-corrected chi connectivity index (χ4v) is 2.38. The van der Waals surface area contributed by atoms with Crippen LogP contribution in [-0.2, 0) is 19.1 Å². The van der Waals surface area contributed by atoms with Crippen molar-refractivity contribution in [3.63, 3.8) is 0 Å². The Kier molecular flexibility index (Phi) is 5.69. The Labute approximate surface area is 149 Å². The van der Waals surface area contributed by atoms with E-state index in [0.29, 0.717) is 11.0 Å². The van der Waals surface area contributed by atoms with Crippen molar-refractivity contribution >= 4 is 5.69 Å². The van der Waals surface area contributed by atoms with Crippen LogP contribution in [0.2, 0.25) is 0 Å². The van der Waals surface area contributed by atoms with Gasteiger partial charge in [-0.25, -0.2) is 0 Å². The van der Waals surface area contributed by atoms with E-state index < -0.39 is 36.6 Å². The van der Waals surface area contributed by atoms with E-state index in [2.05, 4.69) is 0 Å². The maximum absolute atomic E-state index is 13.1. The molecule has 0 fully saturated rings. The van der Waals surface area contributed by atoms with Crippen molar-refractivity contribution in [3.05, 3.63) is 53.0 Å².